The zero-order valence-electron chi connectivity index (χ0n) is 15.2. The molecule has 1 aromatic carbocycles. The summed E-state index contributed by atoms with van der Waals surface area (Å²) in [4.78, 5) is 41.4. The number of halogens is 1. The maximum absolute atomic E-state index is 13.2. The van der Waals surface area contributed by atoms with Crippen molar-refractivity contribution in [2.45, 2.75) is 32.7 Å². The van der Waals surface area contributed by atoms with Gasteiger partial charge in [-0.15, -0.1) is 11.3 Å². The minimum absolute atomic E-state index is 0.167. The van der Waals surface area contributed by atoms with E-state index in [0.717, 1.165) is 16.9 Å². The quantitative estimate of drug-likeness (QED) is 0.611. The Labute approximate surface area is 169 Å². The van der Waals surface area contributed by atoms with Crippen LogP contribution in [0.5, 0.6) is 0 Å². The van der Waals surface area contributed by atoms with Crippen molar-refractivity contribution in [2.75, 3.05) is 0 Å². The summed E-state index contributed by atoms with van der Waals surface area (Å²) in [6, 6.07) is 7.26. The summed E-state index contributed by atoms with van der Waals surface area (Å²) < 4.78 is 1.55. The van der Waals surface area contributed by atoms with E-state index >= 15 is 0 Å². The van der Waals surface area contributed by atoms with Gasteiger partial charge in [0.25, 0.3) is 11.5 Å². The Balaban J connectivity index is 2.12. The van der Waals surface area contributed by atoms with Gasteiger partial charge in [0.15, 0.2) is 0 Å². The Bertz CT molecular complexity index is 1120. The molecule has 2 aromatic heterocycles. The van der Waals surface area contributed by atoms with Crippen molar-refractivity contribution in [1.82, 2.24) is 9.55 Å². The highest BCUT2D eigenvalue weighted by molar-refractivity contribution is 7.20. The third-order valence-corrected chi connectivity index (χ3v) is 5.89. The number of thiophene rings is 1. The summed E-state index contributed by atoms with van der Waals surface area (Å²) in [5.74, 6) is -0.468. The number of nitrogens with two attached hydrogens (primary N) is 2. The molecule has 0 saturated carbocycles. The van der Waals surface area contributed by atoms with Gasteiger partial charge < -0.3 is 11.5 Å². The number of nitrogens with zero attached hydrogens (tertiary/aromatic N) is 2. The molecule has 0 unspecified atom stereocenters. The van der Waals surface area contributed by atoms with Gasteiger partial charge in [-0.05, 0) is 36.6 Å². The lowest BCUT2D eigenvalue weighted by Gasteiger charge is -2.12. The lowest BCUT2D eigenvalue weighted by Crippen LogP contribution is -2.26. The van der Waals surface area contributed by atoms with Crippen molar-refractivity contribution in [3.8, 4) is 0 Å². The van der Waals surface area contributed by atoms with Crippen molar-refractivity contribution in [3.05, 3.63) is 61.5 Å². The van der Waals surface area contributed by atoms with E-state index < -0.39 is 11.8 Å². The van der Waals surface area contributed by atoms with Gasteiger partial charge in [-0.1, -0.05) is 23.7 Å². The fourth-order valence-electron chi connectivity index (χ4n) is 3.06. The van der Waals surface area contributed by atoms with Crippen molar-refractivity contribution in [2.24, 2.45) is 11.5 Å². The Kier molecular flexibility index (Phi) is 5.81. The lowest BCUT2D eigenvalue weighted by atomic mass is 10.1. The average Bonchev–Trinajstić information content (AvgIpc) is 2.96. The molecule has 0 aliphatic rings. The Morgan fingerprint density at radius 3 is 2.50 bits per heavy atom. The molecule has 2 heterocycles. The highest BCUT2D eigenvalue weighted by atomic mass is 35.5. The molecule has 7 nitrogen and oxygen atoms in total. The van der Waals surface area contributed by atoms with Crippen molar-refractivity contribution in [3.63, 3.8) is 0 Å². The molecule has 0 bridgehead atoms. The molecular weight excluding hydrogens is 400 g/mol. The number of primary amides is 2. The first-order chi connectivity index (χ1) is 13.3. The standard InChI is InChI=1S/C19H19ClN4O3S/c1-10-15-18(28-16(10)17(22)26)23-14(9-11-4-6-12(20)7-5-11)24(19(15)27)8-2-3-13(21)25/h4-7H,2-3,8-9H2,1H3,(H2,21,25)(H2,22,26). The lowest BCUT2D eigenvalue weighted by molar-refractivity contribution is -0.118. The van der Waals surface area contributed by atoms with E-state index in [-0.39, 0.29) is 12.0 Å². The molecule has 0 spiro atoms. The number of carbonyl (C=O) groups is 2. The van der Waals surface area contributed by atoms with Crippen LogP contribution in [0, 0.1) is 6.92 Å². The molecule has 28 heavy (non-hydrogen) atoms. The first kappa shape index (κ1) is 20.0. The second-order valence-electron chi connectivity index (χ2n) is 6.46. The Morgan fingerprint density at radius 1 is 1.21 bits per heavy atom. The minimum Gasteiger partial charge on any atom is -0.370 e. The van der Waals surface area contributed by atoms with E-state index in [4.69, 9.17) is 23.1 Å². The van der Waals surface area contributed by atoms with Gasteiger partial charge in [-0.3, -0.25) is 19.0 Å². The van der Waals surface area contributed by atoms with Gasteiger partial charge in [0.1, 0.15) is 10.7 Å². The maximum atomic E-state index is 13.2. The smallest absolute Gasteiger partial charge is 0.262 e. The predicted octanol–water partition coefficient (Wildman–Crippen LogP) is 2.38. The van der Waals surface area contributed by atoms with Crippen LogP contribution in [0.15, 0.2) is 29.1 Å². The van der Waals surface area contributed by atoms with Gasteiger partial charge in [-0.2, -0.15) is 0 Å². The van der Waals surface area contributed by atoms with Gasteiger partial charge in [0, 0.05) is 24.4 Å². The molecule has 3 aromatic rings. The monoisotopic (exact) mass is 418 g/mol. The van der Waals surface area contributed by atoms with Crippen LogP contribution >= 0.6 is 22.9 Å². The number of hydrogen-bond donors (Lipinski definition) is 2. The second-order valence-corrected chi connectivity index (χ2v) is 7.89. The van der Waals surface area contributed by atoms with E-state index in [1.165, 1.54) is 0 Å². The number of hydrogen-bond acceptors (Lipinski definition) is 5. The molecule has 0 saturated heterocycles. The summed E-state index contributed by atoms with van der Waals surface area (Å²) in [5, 5.41) is 1.00. The van der Waals surface area contributed by atoms with Gasteiger partial charge in [-0.25, -0.2) is 4.98 Å². The first-order valence-corrected chi connectivity index (χ1v) is 9.82. The average molecular weight is 419 g/mol. The molecule has 2 amide bonds. The van der Waals surface area contributed by atoms with E-state index in [1.807, 2.05) is 12.1 Å². The minimum atomic E-state index is -0.584. The molecule has 146 valence electrons. The molecule has 0 radical (unpaired) electrons. The van der Waals surface area contributed by atoms with Crippen LogP contribution in [0.3, 0.4) is 0 Å². The first-order valence-electron chi connectivity index (χ1n) is 8.63. The highest BCUT2D eigenvalue weighted by Gasteiger charge is 2.20. The van der Waals surface area contributed by atoms with Crippen LogP contribution in [0.4, 0.5) is 0 Å². The van der Waals surface area contributed by atoms with Crippen molar-refractivity contribution in [1.29, 1.82) is 0 Å². The van der Waals surface area contributed by atoms with Crippen LogP contribution in [0.2, 0.25) is 5.02 Å². The third kappa shape index (κ3) is 4.07. The Hall–Kier alpha value is -2.71. The largest absolute Gasteiger partial charge is 0.370 e. The fraction of sp³-hybridized carbons (Fsp3) is 0.263. The van der Waals surface area contributed by atoms with E-state index in [0.29, 0.717) is 50.9 Å². The van der Waals surface area contributed by atoms with Crippen LogP contribution in [0.1, 0.15) is 39.5 Å². The predicted molar refractivity (Wildman–Crippen MR) is 110 cm³/mol. The number of carbonyl (C=O) groups excluding carboxylic acids is 2. The molecule has 0 aliphatic carbocycles. The third-order valence-electron chi connectivity index (χ3n) is 4.43. The highest BCUT2D eigenvalue weighted by Crippen LogP contribution is 2.27. The number of fused-ring (bicyclic) bond motifs is 1. The van der Waals surface area contributed by atoms with Crippen LogP contribution in [-0.2, 0) is 17.8 Å². The molecule has 9 heteroatoms. The molecule has 3 rings (SSSR count). The molecule has 0 atom stereocenters. The van der Waals surface area contributed by atoms with E-state index in [2.05, 4.69) is 4.98 Å². The Morgan fingerprint density at radius 2 is 1.89 bits per heavy atom. The topological polar surface area (TPSA) is 121 Å². The summed E-state index contributed by atoms with van der Waals surface area (Å²) in [5.41, 5.74) is 11.9. The summed E-state index contributed by atoms with van der Waals surface area (Å²) in [6.07, 6.45) is 0.990. The number of rotatable bonds is 7. The van der Waals surface area contributed by atoms with Gasteiger partial charge in [0.2, 0.25) is 5.91 Å². The van der Waals surface area contributed by atoms with Crippen LogP contribution in [-0.4, -0.2) is 21.4 Å². The van der Waals surface area contributed by atoms with Crippen molar-refractivity contribution >= 4 is 45.0 Å². The normalized spacial score (nSPS) is 11.1. The van der Waals surface area contributed by atoms with E-state index in [1.54, 1.807) is 23.6 Å². The summed E-state index contributed by atoms with van der Waals surface area (Å²) in [6.45, 7) is 1.99. The number of aryl methyl sites for hydroxylation is 1. The SMILES string of the molecule is Cc1c(C(N)=O)sc2nc(Cc3ccc(Cl)cc3)n(CCCC(N)=O)c(=O)c12. The maximum Gasteiger partial charge on any atom is 0.262 e. The summed E-state index contributed by atoms with van der Waals surface area (Å²) in [7, 11) is 0. The zero-order chi connectivity index (χ0) is 20.4. The molecule has 4 N–H and O–H groups in total. The van der Waals surface area contributed by atoms with Crippen LogP contribution in [0.25, 0.3) is 10.2 Å². The van der Waals surface area contributed by atoms with Gasteiger partial charge in [0.05, 0.1) is 10.3 Å². The van der Waals surface area contributed by atoms with E-state index in [9.17, 15) is 14.4 Å². The molecule has 0 fully saturated rings. The second kappa shape index (κ2) is 8.12. The molecule has 0 aliphatic heterocycles. The number of aromatic nitrogens is 2. The molecular formula is C19H19ClN4O3S. The number of amides is 2. The summed E-state index contributed by atoms with van der Waals surface area (Å²) >= 11 is 7.06. The van der Waals surface area contributed by atoms with Gasteiger partial charge >= 0.3 is 0 Å². The fourth-order valence-corrected chi connectivity index (χ4v) is 4.22. The van der Waals surface area contributed by atoms with Crippen LogP contribution < -0.4 is 17.0 Å². The van der Waals surface area contributed by atoms with Crippen molar-refractivity contribution < 1.29 is 9.59 Å². The zero-order valence-corrected chi connectivity index (χ0v) is 16.8. The number of benzene rings is 1.